The van der Waals surface area contributed by atoms with Crippen LogP contribution >= 0.6 is 0 Å². The highest BCUT2D eigenvalue weighted by Gasteiger charge is 2.09. The summed E-state index contributed by atoms with van der Waals surface area (Å²) in [5.41, 5.74) is 3.80. The van der Waals surface area contributed by atoms with Gasteiger partial charge in [0, 0.05) is 6.20 Å². The molecule has 0 saturated carbocycles. The van der Waals surface area contributed by atoms with E-state index in [9.17, 15) is 0 Å². The SMILES string of the molecule is Cc1ccccc1C(C)Nc1ncccc1C. The molecule has 0 bridgehead atoms. The zero-order valence-electron chi connectivity index (χ0n) is 10.6. The molecule has 0 aliphatic rings. The maximum absolute atomic E-state index is 4.36. The standard InChI is InChI=1S/C15H18N2/c1-11-7-4-5-9-14(11)13(3)17-15-12(2)8-6-10-16-15/h4-10,13H,1-3H3,(H,16,17). The van der Waals surface area contributed by atoms with Gasteiger partial charge in [-0.1, -0.05) is 30.3 Å². The predicted octanol–water partition coefficient (Wildman–Crippen LogP) is 3.87. The summed E-state index contributed by atoms with van der Waals surface area (Å²) in [6.07, 6.45) is 1.82. The number of aromatic nitrogens is 1. The number of hydrogen-bond donors (Lipinski definition) is 1. The summed E-state index contributed by atoms with van der Waals surface area (Å²) in [5, 5.41) is 3.46. The van der Waals surface area contributed by atoms with Crippen LogP contribution in [0, 0.1) is 13.8 Å². The summed E-state index contributed by atoms with van der Waals surface area (Å²) in [5.74, 6) is 0.961. The molecular weight excluding hydrogens is 208 g/mol. The van der Waals surface area contributed by atoms with Crippen LogP contribution in [0.2, 0.25) is 0 Å². The maximum Gasteiger partial charge on any atom is 0.129 e. The number of nitrogens with zero attached hydrogens (tertiary/aromatic N) is 1. The second-order valence-electron chi connectivity index (χ2n) is 4.39. The molecule has 2 nitrogen and oxygen atoms in total. The first-order valence-electron chi connectivity index (χ1n) is 5.92. The second-order valence-corrected chi connectivity index (χ2v) is 4.39. The van der Waals surface area contributed by atoms with Crippen LogP contribution in [0.15, 0.2) is 42.6 Å². The zero-order valence-corrected chi connectivity index (χ0v) is 10.6. The Morgan fingerprint density at radius 3 is 2.41 bits per heavy atom. The van der Waals surface area contributed by atoms with Crippen LogP contribution in [-0.2, 0) is 0 Å². The van der Waals surface area contributed by atoms with Gasteiger partial charge in [-0.05, 0) is 43.5 Å². The Bertz CT molecular complexity index is 506. The van der Waals surface area contributed by atoms with E-state index in [2.05, 4.69) is 61.4 Å². The van der Waals surface area contributed by atoms with Crippen LogP contribution < -0.4 is 5.32 Å². The number of benzene rings is 1. The third-order valence-corrected chi connectivity index (χ3v) is 3.02. The van der Waals surface area contributed by atoms with E-state index in [0.717, 1.165) is 5.82 Å². The molecule has 0 radical (unpaired) electrons. The molecule has 2 aromatic rings. The Morgan fingerprint density at radius 1 is 1.00 bits per heavy atom. The van der Waals surface area contributed by atoms with E-state index < -0.39 is 0 Å². The minimum Gasteiger partial charge on any atom is -0.363 e. The van der Waals surface area contributed by atoms with Crippen LogP contribution in [-0.4, -0.2) is 4.98 Å². The van der Waals surface area contributed by atoms with Crippen LogP contribution in [0.5, 0.6) is 0 Å². The number of pyridine rings is 1. The summed E-state index contributed by atoms with van der Waals surface area (Å²) in [6.45, 7) is 6.37. The fourth-order valence-corrected chi connectivity index (χ4v) is 1.99. The van der Waals surface area contributed by atoms with Gasteiger partial charge in [0.1, 0.15) is 5.82 Å². The lowest BCUT2D eigenvalue weighted by Gasteiger charge is -2.18. The van der Waals surface area contributed by atoms with Crippen molar-refractivity contribution in [3.8, 4) is 0 Å². The van der Waals surface area contributed by atoms with Gasteiger partial charge < -0.3 is 5.32 Å². The van der Waals surface area contributed by atoms with Crippen molar-refractivity contribution in [3.63, 3.8) is 0 Å². The van der Waals surface area contributed by atoms with E-state index in [1.54, 1.807) is 0 Å². The van der Waals surface area contributed by atoms with E-state index in [1.807, 2.05) is 12.3 Å². The molecule has 0 spiro atoms. The summed E-state index contributed by atoms with van der Waals surface area (Å²) < 4.78 is 0. The van der Waals surface area contributed by atoms with Crippen LogP contribution in [0.4, 0.5) is 5.82 Å². The minimum absolute atomic E-state index is 0.268. The molecule has 0 fully saturated rings. The molecule has 2 rings (SSSR count). The fourth-order valence-electron chi connectivity index (χ4n) is 1.99. The quantitative estimate of drug-likeness (QED) is 0.859. The highest BCUT2D eigenvalue weighted by Crippen LogP contribution is 2.22. The van der Waals surface area contributed by atoms with Crippen molar-refractivity contribution in [3.05, 3.63) is 59.3 Å². The second kappa shape index (κ2) is 5.00. The number of rotatable bonds is 3. The number of nitrogens with one attached hydrogen (secondary N) is 1. The van der Waals surface area contributed by atoms with Gasteiger partial charge in [0.05, 0.1) is 6.04 Å². The Hall–Kier alpha value is -1.83. The molecule has 1 aromatic heterocycles. The largest absolute Gasteiger partial charge is 0.363 e. The van der Waals surface area contributed by atoms with Crippen molar-refractivity contribution in [1.29, 1.82) is 0 Å². The Kier molecular flexibility index (Phi) is 3.43. The monoisotopic (exact) mass is 226 g/mol. The van der Waals surface area contributed by atoms with Gasteiger partial charge in [-0.25, -0.2) is 4.98 Å². The van der Waals surface area contributed by atoms with Crippen molar-refractivity contribution >= 4 is 5.82 Å². The van der Waals surface area contributed by atoms with Crippen molar-refractivity contribution in [2.24, 2.45) is 0 Å². The van der Waals surface area contributed by atoms with Crippen LogP contribution in [0.1, 0.15) is 29.7 Å². The van der Waals surface area contributed by atoms with Gasteiger partial charge in [0.25, 0.3) is 0 Å². The molecule has 88 valence electrons. The minimum atomic E-state index is 0.268. The normalized spacial score (nSPS) is 12.2. The molecule has 1 aromatic carbocycles. The van der Waals surface area contributed by atoms with Gasteiger partial charge in [-0.3, -0.25) is 0 Å². The van der Waals surface area contributed by atoms with E-state index in [0.29, 0.717) is 0 Å². The highest BCUT2D eigenvalue weighted by atomic mass is 15.0. The highest BCUT2D eigenvalue weighted by molar-refractivity contribution is 5.45. The van der Waals surface area contributed by atoms with Crippen molar-refractivity contribution < 1.29 is 0 Å². The van der Waals surface area contributed by atoms with Crippen molar-refractivity contribution in [1.82, 2.24) is 4.98 Å². The van der Waals surface area contributed by atoms with Gasteiger partial charge in [0.2, 0.25) is 0 Å². The first kappa shape index (κ1) is 11.6. The molecular formula is C15H18N2. The number of aryl methyl sites for hydroxylation is 2. The lowest BCUT2D eigenvalue weighted by atomic mass is 10.0. The van der Waals surface area contributed by atoms with E-state index >= 15 is 0 Å². The number of anilines is 1. The molecule has 0 aliphatic carbocycles. The first-order valence-corrected chi connectivity index (χ1v) is 5.92. The molecule has 1 unspecified atom stereocenters. The predicted molar refractivity (Wildman–Crippen MR) is 72.2 cm³/mol. The zero-order chi connectivity index (χ0) is 12.3. The third-order valence-electron chi connectivity index (χ3n) is 3.02. The summed E-state index contributed by atoms with van der Waals surface area (Å²) >= 11 is 0. The topological polar surface area (TPSA) is 24.9 Å². The molecule has 2 heteroatoms. The lowest BCUT2D eigenvalue weighted by molar-refractivity contribution is 0.862. The molecule has 0 saturated heterocycles. The van der Waals surface area contributed by atoms with E-state index in [4.69, 9.17) is 0 Å². The first-order chi connectivity index (χ1) is 8.18. The van der Waals surface area contributed by atoms with E-state index in [1.165, 1.54) is 16.7 Å². The van der Waals surface area contributed by atoms with Gasteiger partial charge in [-0.2, -0.15) is 0 Å². The lowest BCUT2D eigenvalue weighted by Crippen LogP contribution is -2.10. The van der Waals surface area contributed by atoms with Gasteiger partial charge in [-0.15, -0.1) is 0 Å². The van der Waals surface area contributed by atoms with Crippen molar-refractivity contribution in [2.45, 2.75) is 26.8 Å². The van der Waals surface area contributed by atoms with Gasteiger partial charge >= 0.3 is 0 Å². The molecule has 1 atom stereocenters. The van der Waals surface area contributed by atoms with E-state index in [-0.39, 0.29) is 6.04 Å². The number of hydrogen-bond acceptors (Lipinski definition) is 2. The Labute approximate surface area is 103 Å². The average Bonchev–Trinajstić information content (AvgIpc) is 2.32. The smallest absolute Gasteiger partial charge is 0.129 e. The fraction of sp³-hybridized carbons (Fsp3) is 0.267. The Balaban J connectivity index is 2.20. The molecule has 1 N–H and O–H groups in total. The molecule has 0 aliphatic heterocycles. The third kappa shape index (κ3) is 2.64. The maximum atomic E-state index is 4.36. The molecule has 17 heavy (non-hydrogen) atoms. The molecule has 1 heterocycles. The van der Waals surface area contributed by atoms with Crippen LogP contribution in [0.25, 0.3) is 0 Å². The molecule has 0 amide bonds. The van der Waals surface area contributed by atoms with Crippen LogP contribution in [0.3, 0.4) is 0 Å². The summed E-state index contributed by atoms with van der Waals surface area (Å²) in [6, 6.07) is 12.7. The summed E-state index contributed by atoms with van der Waals surface area (Å²) in [4.78, 5) is 4.36. The van der Waals surface area contributed by atoms with Crippen molar-refractivity contribution in [2.75, 3.05) is 5.32 Å². The summed E-state index contributed by atoms with van der Waals surface area (Å²) in [7, 11) is 0. The Morgan fingerprint density at radius 2 is 1.71 bits per heavy atom. The average molecular weight is 226 g/mol. The van der Waals surface area contributed by atoms with Gasteiger partial charge in [0.15, 0.2) is 0 Å².